The molecule has 0 aliphatic carbocycles. The molecule has 6 heteroatoms. The Morgan fingerprint density at radius 2 is 1.71 bits per heavy atom. The van der Waals surface area contributed by atoms with E-state index in [1.807, 2.05) is 62.4 Å². The maximum atomic E-state index is 12.6. The van der Waals surface area contributed by atoms with E-state index in [1.165, 1.54) is 0 Å². The summed E-state index contributed by atoms with van der Waals surface area (Å²) < 4.78 is 24.8. The highest BCUT2D eigenvalue weighted by molar-refractivity contribution is 7.88. The van der Waals surface area contributed by atoms with Gasteiger partial charge in [0.05, 0.1) is 19.3 Å². The lowest BCUT2D eigenvalue weighted by atomic mass is 10.1. The number of hydrogen-bond donors (Lipinski definition) is 1. The average molecular weight is 346 g/mol. The minimum atomic E-state index is -3.42. The smallest absolute Gasteiger partial charge is 0.242 e. The second kappa shape index (κ2) is 7.59. The Morgan fingerprint density at radius 3 is 2.29 bits per heavy atom. The predicted octanol–water partition coefficient (Wildman–Crippen LogP) is 2.39. The molecule has 24 heavy (non-hydrogen) atoms. The van der Waals surface area contributed by atoms with Gasteiger partial charge in [-0.25, -0.2) is 13.1 Å². The number of carbonyl (C=O) groups is 1. The molecule has 1 amide bonds. The number of benzene rings is 2. The van der Waals surface area contributed by atoms with Gasteiger partial charge in [0.2, 0.25) is 15.9 Å². The summed E-state index contributed by atoms with van der Waals surface area (Å²) in [7, 11) is -3.42. The number of hydrogen-bond acceptors (Lipinski definition) is 3. The third-order valence-electron chi connectivity index (χ3n) is 3.77. The number of sulfonamides is 1. The Kier molecular flexibility index (Phi) is 5.75. The van der Waals surface area contributed by atoms with Crippen LogP contribution in [-0.4, -0.2) is 27.1 Å². The van der Waals surface area contributed by atoms with Crippen molar-refractivity contribution >= 4 is 21.6 Å². The third-order valence-corrected chi connectivity index (χ3v) is 4.44. The molecule has 0 radical (unpaired) electrons. The molecule has 0 saturated carbocycles. The molecule has 2 aromatic rings. The molecule has 1 N–H and O–H groups in total. The van der Waals surface area contributed by atoms with Crippen LogP contribution in [0.1, 0.15) is 16.7 Å². The summed E-state index contributed by atoms with van der Waals surface area (Å²) in [5, 5.41) is 0. The Balaban J connectivity index is 2.29. The largest absolute Gasteiger partial charge is 0.307 e. The van der Waals surface area contributed by atoms with E-state index in [-0.39, 0.29) is 12.5 Å². The third kappa shape index (κ3) is 5.18. The van der Waals surface area contributed by atoms with Crippen molar-refractivity contribution in [2.24, 2.45) is 0 Å². The van der Waals surface area contributed by atoms with Crippen LogP contribution in [0, 0.1) is 13.8 Å². The van der Waals surface area contributed by atoms with Crippen molar-refractivity contribution in [3.05, 3.63) is 65.2 Å². The highest BCUT2D eigenvalue weighted by atomic mass is 32.2. The van der Waals surface area contributed by atoms with Crippen LogP contribution in [0.25, 0.3) is 0 Å². The quantitative estimate of drug-likeness (QED) is 0.873. The standard InChI is InChI=1S/C18H22N2O3S/c1-14-9-10-17(11-15(14)2)20(13-16-7-5-4-6-8-16)18(21)12-19-24(3,22)23/h4-11,19H,12-13H2,1-3H3. The molecule has 2 aromatic carbocycles. The number of anilines is 1. The monoisotopic (exact) mass is 346 g/mol. The topological polar surface area (TPSA) is 66.5 Å². The maximum absolute atomic E-state index is 12.6. The molecule has 128 valence electrons. The van der Waals surface area contributed by atoms with E-state index in [0.717, 1.165) is 28.6 Å². The first kappa shape index (κ1) is 18.2. The summed E-state index contributed by atoms with van der Waals surface area (Å²) in [6.45, 7) is 4.11. The van der Waals surface area contributed by atoms with Crippen LogP contribution in [0.15, 0.2) is 48.5 Å². The van der Waals surface area contributed by atoms with Crippen LogP contribution in [0.3, 0.4) is 0 Å². The lowest BCUT2D eigenvalue weighted by Crippen LogP contribution is -2.39. The molecule has 0 spiro atoms. The van der Waals surface area contributed by atoms with Crippen LogP contribution in [0.5, 0.6) is 0 Å². The van der Waals surface area contributed by atoms with E-state index in [9.17, 15) is 13.2 Å². The van der Waals surface area contributed by atoms with Gasteiger partial charge in [-0.05, 0) is 42.7 Å². The second-order valence-corrected chi connectivity index (χ2v) is 7.66. The van der Waals surface area contributed by atoms with Gasteiger partial charge >= 0.3 is 0 Å². The van der Waals surface area contributed by atoms with Crippen molar-refractivity contribution in [2.45, 2.75) is 20.4 Å². The van der Waals surface area contributed by atoms with Crippen molar-refractivity contribution in [3.63, 3.8) is 0 Å². The van der Waals surface area contributed by atoms with E-state index in [2.05, 4.69) is 4.72 Å². The molecule has 0 unspecified atom stereocenters. The molecule has 0 aromatic heterocycles. The Morgan fingerprint density at radius 1 is 1.04 bits per heavy atom. The van der Waals surface area contributed by atoms with Crippen molar-refractivity contribution in [1.82, 2.24) is 4.72 Å². The van der Waals surface area contributed by atoms with Gasteiger partial charge < -0.3 is 4.90 Å². The van der Waals surface area contributed by atoms with E-state index < -0.39 is 10.0 Å². The molecule has 0 aliphatic heterocycles. The minimum Gasteiger partial charge on any atom is -0.307 e. The number of nitrogens with zero attached hydrogens (tertiary/aromatic N) is 1. The Hall–Kier alpha value is -2.18. The molecule has 5 nitrogen and oxygen atoms in total. The number of rotatable bonds is 6. The first-order valence-electron chi connectivity index (χ1n) is 7.62. The normalized spacial score (nSPS) is 11.3. The maximum Gasteiger partial charge on any atom is 0.242 e. The number of carbonyl (C=O) groups excluding carboxylic acids is 1. The van der Waals surface area contributed by atoms with E-state index in [1.54, 1.807) is 4.90 Å². The van der Waals surface area contributed by atoms with Gasteiger partial charge in [-0.3, -0.25) is 4.79 Å². The van der Waals surface area contributed by atoms with E-state index in [4.69, 9.17) is 0 Å². The van der Waals surface area contributed by atoms with Crippen molar-refractivity contribution in [1.29, 1.82) is 0 Å². The van der Waals surface area contributed by atoms with Gasteiger partial charge in [0.1, 0.15) is 0 Å². The number of nitrogens with one attached hydrogen (secondary N) is 1. The van der Waals surface area contributed by atoms with Crippen LogP contribution in [0.2, 0.25) is 0 Å². The molecule has 0 atom stereocenters. The van der Waals surface area contributed by atoms with Gasteiger partial charge in [0, 0.05) is 5.69 Å². The SMILES string of the molecule is Cc1ccc(N(Cc2ccccc2)C(=O)CNS(C)(=O)=O)cc1C. The zero-order valence-electron chi connectivity index (χ0n) is 14.1. The first-order valence-corrected chi connectivity index (χ1v) is 9.51. The fourth-order valence-electron chi connectivity index (χ4n) is 2.27. The fraction of sp³-hybridized carbons (Fsp3) is 0.278. The van der Waals surface area contributed by atoms with Gasteiger partial charge in [-0.15, -0.1) is 0 Å². The molecular formula is C18H22N2O3S. The highest BCUT2D eigenvalue weighted by Crippen LogP contribution is 2.21. The van der Waals surface area contributed by atoms with E-state index in [0.29, 0.717) is 6.54 Å². The van der Waals surface area contributed by atoms with Gasteiger partial charge in [-0.1, -0.05) is 36.4 Å². The molecule has 0 fully saturated rings. The Bertz CT molecular complexity index is 817. The molecule has 0 aliphatic rings. The average Bonchev–Trinajstić information content (AvgIpc) is 2.53. The summed E-state index contributed by atoms with van der Waals surface area (Å²) >= 11 is 0. The second-order valence-electron chi connectivity index (χ2n) is 5.83. The summed E-state index contributed by atoms with van der Waals surface area (Å²) in [6, 6.07) is 15.4. The zero-order chi connectivity index (χ0) is 17.7. The molecule has 2 rings (SSSR count). The van der Waals surface area contributed by atoms with Gasteiger partial charge in [0.15, 0.2) is 0 Å². The molecule has 0 saturated heterocycles. The molecule has 0 bridgehead atoms. The van der Waals surface area contributed by atoms with Crippen LogP contribution in [0.4, 0.5) is 5.69 Å². The zero-order valence-corrected chi connectivity index (χ0v) is 14.9. The minimum absolute atomic E-state index is 0.265. The van der Waals surface area contributed by atoms with Gasteiger partial charge in [0.25, 0.3) is 0 Å². The van der Waals surface area contributed by atoms with Crippen molar-refractivity contribution in [3.8, 4) is 0 Å². The molecular weight excluding hydrogens is 324 g/mol. The van der Waals surface area contributed by atoms with Crippen molar-refractivity contribution in [2.75, 3.05) is 17.7 Å². The summed E-state index contributed by atoms with van der Waals surface area (Å²) in [5.41, 5.74) is 3.94. The number of aryl methyl sites for hydroxylation is 2. The summed E-state index contributed by atoms with van der Waals surface area (Å²) in [6.07, 6.45) is 1.04. The molecule has 0 heterocycles. The predicted molar refractivity (Wildman–Crippen MR) is 96.4 cm³/mol. The fourth-order valence-corrected chi connectivity index (χ4v) is 2.66. The lowest BCUT2D eigenvalue weighted by Gasteiger charge is -2.24. The summed E-state index contributed by atoms with van der Waals surface area (Å²) in [4.78, 5) is 14.2. The number of amides is 1. The Labute approximate surface area is 143 Å². The van der Waals surface area contributed by atoms with Gasteiger partial charge in [-0.2, -0.15) is 0 Å². The van der Waals surface area contributed by atoms with Crippen LogP contribution < -0.4 is 9.62 Å². The van der Waals surface area contributed by atoms with Crippen LogP contribution >= 0.6 is 0 Å². The van der Waals surface area contributed by atoms with Crippen LogP contribution in [-0.2, 0) is 21.4 Å². The lowest BCUT2D eigenvalue weighted by molar-refractivity contribution is -0.117. The first-order chi connectivity index (χ1) is 11.3. The van der Waals surface area contributed by atoms with Crippen molar-refractivity contribution < 1.29 is 13.2 Å². The summed E-state index contributed by atoms with van der Waals surface area (Å²) in [5.74, 6) is -0.299. The highest BCUT2D eigenvalue weighted by Gasteiger charge is 2.18. The van der Waals surface area contributed by atoms with E-state index >= 15 is 0 Å².